The first-order valence-corrected chi connectivity index (χ1v) is 8.27. The fourth-order valence-corrected chi connectivity index (χ4v) is 2.84. The second kappa shape index (κ2) is 7.08. The van der Waals surface area contributed by atoms with E-state index in [9.17, 15) is 5.11 Å². The Morgan fingerprint density at radius 3 is 2.65 bits per heavy atom. The largest absolute Gasteiger partial charge is 0.508 e. The molecular weight excluding hydrogens is 324 g/mol. The zero-order valence-electron chi connectivity index (χ0n) is 14.0. The summed E-state index contributed by atoms with van der Waals surface area (Å²) in [7, 11) is 0. The monoisotopic (exact) mass is 340 g/mol. The van der Waals surface area contributed by atoms with E-state index < -0.39 is 0 Å². The first-order chi connectivity index (χ1) is 12.8. The fraction of sp³-hybridized carbons (Fsp3) is 0.0952. The van der Waals surface area contributed by atoms with Crippen LogP contribution in [0.25, 0.3) is 10.8 Å². The third-order valence-corrected chi connectivity index (χ3v) is 4.14. The highest BCUT2D eigenvalue weighted by atomic mass is 16.3. The maximum absolute atomic E-state index is 10.3. The number of aromatic nitrogens is 4. The van der Waals surface area contributed by atoms with Crippen LogP contribution in [0, 0.1) is 11.8 Å². The van der Waals surface area contributed by atoms with Crippen LogP contribution in [0.5, 0.6) is 5.75 Å². The van der Waals surface area contributed by atoms with Crippen LogP contribution in [-0.4, -0.2) is 25.3 Å². The molecule has 1 aromatic heterocycles. The number of aromatic hydroxyl groups is 1. The Morgan fingerprint density at radius 1 is 0.962 bits per heavy atom. The van der Waals surface area contributed by atoms with Gasteiger partial charge in [0.25, 0.3) is 0 Å². The van der Waals surface area contributed by atoms with Crippen LogP contribution in [0.1, 0.15) is 16.7 Å². The van der Waals surface area contributed by atoms with E-state index in [1.807, 2.05) is 48.5 Å². The first-order valence-electron chi connectivity index (χ1n) is 8.27. The van der Waals surface area contributed by atoms with E-state index in [-0.39, 0.29) is 0 Å². The van der Waals surface area contributed by atoms with Crippen molar-refractivity contribution in [3.05, 3.63) is 83.7 Å². The lowest BCUT2D eigenvalue weighted by Gasteiger charge is -2.08. The second-order valence-electron chi connectivity index (χ2n) is 6.01. The van der Waals surface area contributed by atoms with Gasteiger partial charge in [0.1, 0.15) is 18.6 Å². The van der Waals surface area contributed by atoms with Gasteiger partial charge in [0.05, 0.1) is 0 Å². The maximum atomic E-state index is 10.3. The molecule has 0 aliphatic carbocycles. The Bertz CT molecular complexity index is 1090. The molecule has 0 spiro atoms. The molecule has 0 amide bonds. The van der Waals surface area contributed by atoms with Crippen molar-refractivity contribution < 1.29 is 5.11 Å². The number of hydrogen-bond donors (Lipinski definition) is 1. The van der Waals surface area contributed by atoms with Crippen molar-refractivity contribution in [2.75, 3.05) is 0 Å². The molecule has 0 radical (unpaired) electrons. The number of phenolic OH excluding ortho intramolecular Hbond substituents is 1. The molecular formula is C21H16N4O. The van der Waals surface area contributed by atoms with E-state index in [1.165, 1.54) is 11.9 Å². The average molecular weight is 340 g/mol. The van der Waals surface area contributed by atoms with Crippen molar-refractivity contribution in [1.82, 2.24) is 20.2 Å². The maximum Gasteiger partial charge on any atom is 0.139 e. The zero-order valence-corrected chi connectivity index (χ0v) is 14.0. The minimum Gasteiger partial charge on any atom is -0.508 e. The van der Waals surface area contributed by atoms with Crippen molar-refractivity contribution in [2.24, 2.45) is 0 Å². The molecule has 0 saturated carbocycles. The lowest BCUT2D eigenvalue weighted by atomic mass is 9.99. The van der Waals surface area contributed by atoms with Crippen LogP contribution < -0.4 is 0 Å². The fourth-order valence-electron chi connectivity index (χ4n) is 2.84. The van der Waals surface area contributed by atoms with Gasteiger partial charge < -0.3 is 5.11 Å². The Kier molecular flexibility index (Phi) is 4.31. The third kappa shape index (κ3) is 3.55. The highest BCUT2D eigenvalue weighted by molar-refractivity contribution is 5.86. The lowest BCUT2D eigenvalue weighted by Crippen LogP contribution is -1.95. The quantitative estimate of drug-likeness (QED) is 0.582. The lowest BCUT2D eigenvalue weighted by molar-refractivity contribution is 0.470. The summed E-state index contributed by atoms with van der Waals surface area (Å²) in [6.07, 6.45) is 2.23. The topological polar surface area (TPSA) is 63.8 Å². The summed E-state index contributed by atoms with van der Waals surface area (Å²) in [5, 5.41) is 23.3. The van der Waals surface area contributed by atoms with E-state index in [0.717, 1.165) is 21.9 Å². The minimum absolute atomic E-state index is 0.318. The number of nitrogens with zero attached hydrogens (tertiary/aromatic N) is 4. The summed E-state index contributed by atoms with van der Waals surface area (Å²) >= 11 is 0. The SMILES string of the molecule is Oc1cc2ccc(C#CCn3cnnn3)cc2cc1Cc1ccccc1. The average Bonchev–Trinajstić information content (AvgIpc) is 3.17. The van der Waals surface area contributed by atoms with Crippen LogP contribution in [0.2, 0.25) is 0 Å². The number of fused-ring (bicyclic) bond motifs is 1. The summed E-state index contributed by atoms with van der Waals surface area (Å²) in [6, 6.07) is 19.9. The minimum atomic E-state index is 0.318. The summed E-state index contributed by atoms with van der Waals surface area (Å²) in [4.78, 5) is 0. The van der Waals surface area contributed by atoms with Gasteiger partial charge in [-0.3, -0.25) is 0 Å². The predicted molar refractivity (Wildman–Crippen MR) is 99.6 cm³/mol. The predicted octanol–water partition coefficient (Wildman–Crippen LogP) is 3.17. The first kappa shape index (κ1) is 15.9. The normalized spacial score (nSPS) is 10.5. The van der Waals surface area contributed by atoms with Crippen LogP contribution in [0.15, 0.2) is 67.0 Å². The highest BCUT2D eigenvalue weighted by Crippen LogP contribution is 2.27. The molecule has 4 aromatic rings. The van der Waals surface area contributed by atoms with Crippen molar-refractivity contribution in [3.63, 3.8) is 0 Å². The van der Waals surface area contributed by atoms with Gasteiger partial charge >= 0.3 is 0 Å². The molecule has 1 heterocycles. The zero-order chi connectivity index (χ0) is 17.8. The van der Waals surface area contributed by atoms with Crippen LogP contribution in [0.4, 0.5) is 0 Å². The van der Waals surface area contributed by atoms with Crippen molar-refractivity contribution in [1.29, 1.82) is 0 Å². The molecule has 4 rings (SSSR count). The summed E-state index contributed by atoms with van der Waals surface area (Å²) in [5.74, 6) is 6.50. The van der Waals surface area contributed by atoms with Crippen molar-refractivity contribution in [2.45, 2.75) is 13.0 Å². The van der Waals surface area contributed by atoms with Gasteiger partial charge in [0, 0.05) is 12.0 Å². The number of hydrogen-bond acceptors (Lipinski definition) is 4. The van der Waals surface area contributed by atoms with Gasteiger partial charge in [-0.2, -0.15) is 0 Å². The Balaban J connectivity index is 1.62. The summed E-state index contributed by atoms with van der Waals surface area (Å²) < 4.78 is 1.57. The van der Waals surface area contributed by atoms with E-state index in [1.54, 1.807) is 4.68 Å². The summed E-state index contributed by atoms with van der Waals surface area (Å²) in [5.41, 5.74) is 2.99. The molecule has 3 aromatic carbocycles. The molecule has 0 aliphatic rings. The molecule has 0 unspecified atom stereocenters. The van der Waals surface area contributed by atoms with Gasteiger partial charge in [0.15, 0.2) is 0 Å². The molecule has 26 heavy (non-hydrogen) atoms. The Morgan fingerprint density at radius 2 is 1.85 bits per heavy atom. The van der Waals surface area contributed by atoms with Gasteiger partial charge in [-0.25, -0.2) is 4.68 Å². The van der Waals surface area contributed by atoms with E-state index in [4.69, 9.17) is 0 Å². The number of benzene rings is 3. The third-order valence-electron chi connectivity index (χ3n) is 4.14. The van der Waals surface area contributed by atoms with Crippen molar-refractivity contribution in [3.8, 4) is 17.6 Å². The number of rotatable bonds is 3. The summed E-state index contributed by atoms with van der Waals surface area (Å²) in [6.45, 7) is 0.444. The molecule has 0 fully saturated rings. The van der Waals surface area contributed by atoms with Crippen LogP contribution in [-0.2, 0) is 13.0 Å². The van der Waals surface area contributed by atoms with Gasteiger partial charge in [0.2, 0.25) is 0 Å². The smallest absolute Gasteiger partial charge is 0.139 e. The molecule has 0 atom stereocenters. The number of tetrazole rings is 1. The Hall–Kier alpha value is -3.65. The van der Waals surface area contributed by atoms with E-state index in [2.05, 4.69) is 39.5 Å². The molecule has 0 bridgehead atoms. The van der Waals surface area contributed by atoms with E-state index in [0.29, 0.717) is 18.7 Å². The van der Waals surface area contributed by atoms with Gasteiger partial charge in [-0.05, 0) is 56.6 Å². The van der Waals surface area contributed by atoms with Crippen LogP contribution in [0.3, 0.4) is 0 Å². The molecule has 5 nitrogen and oxygen atoms in total. The van der Waals surface area contributed by atoms with E-state index >= 15 is 0 Å². The highest BCUT2D eigenvalue weighted by Gasteiger charge is 2.06. The number of phenols is 1. The second-order valence-corrected chi connectivity index (χ2v) is 6.01. The molecule has 0 saturated heterocycles. The molecule has 126 valence electrons. The van der Waals surface area contributed by atoms with Crippen molar-refractivity contribution >= 4 is 10.8 Å². The van der Waals surface area contributed by atoms with Gasteiger partial charge in [-0.1, -0.05) is 48.2 Å². The molecule has 1 N–H and O–H groups in total. The molecule has 0 aliphatic heterocycles. The molecule has 5 heteroatoms. The van der Waals surface area contributed by atoms with Crippen LogP contribution >= 0.6 is 0 Å². The van der Waals surface area contributed by atoms with Gasteiger partial charge in [-0.15, -0.1) is 5.10 Å². The standard InChI is InChI=1S/C21H16N4O/c26-21-14-18-9-8-17(7-4-10-25-15-22-23-24-25)11-19(18)13-20(21)12-16-5-2-1-3-6-16/h1-3,5-6,8-9,11,13-15,26H,10,12H2. The Labute approximate surface area is 150 Å².